The van der Waals surface area contributed by atoms with Crippen molar-refractivity contribution in [1.29, 1.82) is 0 Å². The Hall–Kier alpha value is -1.20. The van der Waals surface area contributed by atoms with Crippen molar-refractivity contribution < 1.29 is 13.9 Å². The molecule has 96 valence electrons. The van der Waals surface area contributed by atoms with E-state index in [1.54, 1.807) is 19.2 Å². The van der Waals surface area contributed by atoms with Crippen LogP contribution in [0.25, 0.3) is 0 Å². The summed E-state index contributed by atoms with van der Waals surface area (Å²) in [7, 11) is 1.65. The first kappa shape index (κ1) is 13.9. The van der Waals surface area contributed by atoms with E-state index in [-0.39, 0.29) is 0 Å². The molecule has 1 rings (SSSR count). The molecule has 0 aromatic carbocycles. The second-order valence-corrected chi connectivity index (χ2v) is 3.58. The van der Waals surface area contributed by atoms with Gasteiger partial charge in [-0.25, -0.2) is 4.98 Å². The van der Waals surface area contributed by atoms with Crippen LogP contribution >= 0.6 is 0 Å². The molecule has 0 spiro atoms. The number of aromatic nitrogens is 1. The van der Waals surface area contributed by atoms with E-state index in [0.29, 0.717) is 19.0 Å². The fourth-order valence-corrected chi connectivity index (χ4v) is 1.30. The van der Waals surface area contributed by atoms with Gasteiger partial charge < -0.3 is 14.8 Å². The zero-order valence-electron chi connectivity index (χ0n) is 10.1. The van der Waals surface area contributed by atoms with Crippen LogP contribution in [0.3, 0.4) is 0 Å². The van der Waals surface area contributed by atoms with Crippen LogP contribution in [0.4, 0.5) is 10.2 Å². The maximum absolute atomic E-state index is 12.7. The van der Waals surface area contributed by atoms with Gasteiger partial charge in [-0.3, -0.25) is 0 Å². The van der Waals surface area contributed by atoms with E-state index in [0.717, 1.165) is 26.0 Å². The highest BCUT2D eigenvalue weighted by Crippen LogP contribution is 2.03. The van der Waals surface area contributed by atoms with Gasteiger partial charge in [0.2, 0.25) is 5.95 Å². The van der Waals surface area contributed by atoms with E-state index >= 15 is 0 Å². The van der Waals surface area contributed by atoms with Crippen molar-refractivity contribution in [2.45, 2.75) is 12.8 Å². The molecule has 0 saturated heterocycles. The first-order valence-electron chi connectivity index (χ1n) is 5.76. The SMILES string of the molecule is COCCOCCCCNc1cccc(F)n1. The van der Waals surface area contributed by atoms with Gasteiger partial charge in [0.15, 0.2) is 0 Å². The number of nitrogens with one attached hydrogen (secondary N) is 1. The normalized spacial score (nSPS) is 10.5. The molecule has 1 N–H and O–H groups in total. The van der Waals surface area contributed by atoms with Crippen molar-refractivity contribution in [3.05, 3.63) is 24.1 Å². The van der Waals surface area contributed by atoms with Gasteiger partial charge in [0.1, 0.15) is 5.82 Å². The summed E-state index contributed by atoms with van der Waals surface area (Å²) in [6.45, 7) is 2.76. The summed E-state index contributed by atoms with van der Waals surface area (Å²) in [5, 5.41) is 3.06. The molecule has 1 aromatic heterocycles. The number of anilines is 1. The molecule has 1 aromatic rings. The van der Waals surface area contributed by atoms with Gasteiger partial charge in [-0.05, 0) is 25.0 Å². The number of ether oxygens (including phenoxy) is 2. The number of hydrogen-bond donors (Lipinski definition) is 1. The molecule has 0 fully saturated rings. The van der Waals surface area contributed by atoms with Crippen LogP contribution in [-0.4, -0.2) is 38.5 Å². The first-order chi connectivity index (χ1) is 8.33. The lowest BCUT2D eigenvalue weighted by Crippen LogP contribution is -2.07. The summed E-state index contributed by atoms with van der Waals surface area (Å²) in [6.07, 6.45) is 1.93. The summed E-state index contributed by atoms with van der Waals surface area (Å²) >= 11 is 0. The fraction of sp³-hybridized carbons (Fsp3) is 0.583. The molecular formula is C12H19FN2O2. The standard InChI is InChI=1S/C12H19FN2O2/c1-16-9-10-17-8-3-2-7-14-12-6-4-5-11(13)15-12/h4-6H,2-3,7-10H2,1H3,(H,14,15). The largest absolute Gasteiger partial charge is 0.382 e. The predicted octanol–water partition coefficient (Wildman–Crippen LogP) is 2.08. The number of unbranched alkanes of at least 4 members (excludes halogenated alkanes) is 1. The van der Waals surface area contributed by atoms with Crippen LogP contribution in [0.1, 0.15) is 12.8 Å². The Morgan fingerprint density at radius 3 is 2.88 bits per heavy atom. The molecule has 0 unspecified atom stereocenters. The molecule has 5 heteroatoms. The number of hydrogen-bond acceptors (Lipinski definition) is 4. The van der Waals surface area contributed by atoms with Gasteiger partial charge in [-0.15, -0.1) is 0 Å². The third-order valence-electron chi connectivity index (χ3n) is 2.17. The topological polar surface area (TPSA) is 43.4 Å². The molecule has 0 aliphatic heterocycles. The van der Waals surface area contributed by atoms with Crippen LogP contribution in [0.2, 0.25) is 0 Å². The molecule has 17 heavy (non-hydrogen) atoms. The maximum atomic E-state index is 12.7. The molecule has 0 bridgehead atoms. The Labute approximate surface area is 101 Å². The van der Waals surface area contributed by atoms with Crippen molar-refractivity contribution in [3.8, 4) is 0 Å². The van der Waals surface area contributed by atoms with Gasteiger partial charge in [0.05, 0.1) is 13.2 Å². The number of pyridine rings is 1. The zero-order chi connectivity index (χ0) is 12.3. The second kappa shape index (κ2) is 8.90. The summed E-state index contributed by atoms with van der Waals surface area (Å²) < 4.78 is 22.9. The van der Waals surface area contributed by atoms with Crippen LogP contribution in [0.15, 0.2) is 18.2 Å². The number of halogens is 1. The van der Waals surface area contributed by atoms with Crippen LogP contribution in [0, 0.1) is 5.95 Å². The Bertz CT molecular complexity index is 310. The lowest BCUT2D eigenvalue weighted by Gasteiger charge is -2.06. The minimum absolute atomic E-state index is 0.460. The Balaban J connectivity index is 1.97. The molecule has 4 nitrogen and oxygen atoms in total. The molecule has 0 atom stereocenters. The third kappa shape index (κ3) is 6.86. The lowest BCUT2D eigenvalue weighted by molar-refractivity contribution is 0.0691. The van der Waals surface area contributed by atoms with Crippen LogP contribution in [-0.2, 0) is 9.47 Å². The quantitative estimate of drug-likeness (QED) is 0.532. The first-order valence-corrected chi connectivity index (χ1v) is 5.76. The summed E-state index contributed by atoms with van der Waals surface area (Å²) in [6, 6.07) is 4.71. The molecule has 0 radical (unpaired) electrons. The molecule has 1 heterocycles. The second-order valence-electron chi connectivity index (χ2n) is 3.58. The van der Waals surface area contributed by atoms with Gasteiger partial charge in [0.25, 0.3) is 0 Å². The van der Waals surface area contributed by atoms with Gasteiger partial charge in [-0.2, -0.15) is 4.39 Å². The Kier molecular flexibility index (Phi) is 7.25. The minimum Gasteiger partial charge on any atom is -0.382 e. The Morgan fingerprint density at radius 1 is 1.24 bits per heavy atom. The van der Waals surface area contributed by atoms with E-state index in [9.17, 15) is 4.39 Å². The van der Waals surface area contributed by atoms with E-state index < -0.39 is 5.95 Å². The molecule has 0 saturated carbocycles. The molecule has 0 amide bonds. The van der Waals surface area contributed by atoms with E-state index in [1.807, 2.05) is 0 Å². The smallest absolute Gasteiger partial charge is 0.214 e. The predicted molar refractivity (Wildman–Crippen MR) is 64.6 cm³/mol. The van der Waals surface area contributed by atoms with Gasteiger partial charge >= 0.3 is 0 Å². The highest BCUT2D eigenvalue weighted by molar-refractivity contribution is 5.33. The average molecular weight is 242 g/mol. The molecular weight excluding hydrogens is 223 g/mol. The van der Waals surface area contributed by atoms with Gasteiger partial charge in [0, 0.05) is 20.3 Å². The van der Waals surface area contributed by atoms with Crippen molar-refractivity contribution in [2.24, 2.45) is 0 Å². The van der Waals surface area contributed by atoms with Crippen molar-refractivity contribution in [3.63, 3.8) is 0 Å². The summed E-state index contributed by atoms with van der Waals surface area (Å²) in [5.74, 6) is 0.114. The van der Waals surface area contributed by atoms with Crippen LogP contribution < -0.4 is 5.32 Å². The van der Waals surface area contributed by atoms with Crippen molar-refractivity contribution in [1.82, 2.24) is 4.98 Å². The summed E-state index contributed by atoms with van der Waals surface area (Å²) in [4.78, 5) is 3.71. The van der Waals surface area contributed by atoms with Gasteiger partial charge in [-0.1, -0.05) is 6.07 Å². The highest BCUT2D eigenvalue weighted by atomic mass is 19.1. The number of methoxy groups -OCH3 is 1. The summed E-state index contributed by atoms with van der Waals surface area (Å²) in [5.41, 5.74) is 0. The van der Waals surface area contributed by atoms with E-state index in [4.69, 9.17) is 9.47 Å². The highest BCUT2D eigenvalue weighted by Gasteiger charge is 1.95. The fourth-order valence-electron chi connectivity index (χ4n) is 1.30. The Morgan fingerprint density at radius 2 is 2.12 bits per heavy atom. The third-order valence-corrected chi connectivity index (χ3v) is 2.17. The molecule has 0 aliphatic rings. The molecule has 0 aliphatic carbocycles. The lowest BCUT2D eigenvalue weighted by atomic mass is 10.3. The monoisotopic (exact) mass is 242 g/mol. The zero-order valence-corrected chi connectivity index (χ0v) is 10.1. The van der Waals surface area contributed by atoms with Crippen molar-refractivity contribution in [2.75, 3.05) is 38.8 Å². The maximum Gasteiger partial charge on any atom is 0.214 e. The van der Waals surface area contributed by atoms with E-state index in [1.165, 1.54) is 6.07 Å². The van der Waals surface area contributed by atoms with Crippen molar-refractivity contribution >= 4 is 5.82 Å². The van der Waals surface area contributed by atoms with E-state index in [2.05, 4.69) is 10.3 Å². The average Bonchev–Trinajstić information content (AvgIpc) is 2.33. The number of rotatable bonds is 9. The van der Waals surface area contributed by atoms with Crippen LogP contribution in [0.5, 0.6) is 0 Å². The number of nitrogens with zero attached hydrogens (tertiary/aromatic N) is 1. The minimum atomic E-state index is -0.460.